The molecule has 1 aromatic carbocycles. The van der Waals surface area contributed by atoms with Crippen molar-refractivity contribution in [3.63, 3.8) is 0 Å². The number of aromatic nitrogens is 4. The molecule has 0 saturated carbocycles. The second-order valence-corrected chi connectivity index (χ2v) is 7.59. The van der Waals surface area contributed by atoms with Crippen molar-refractivity contribution in [2.24, 2.45) is 0 Å². The van der Waals surface area contributed by atoms with E-state index in [1.807, 2.05) is 0 Å². The van der Waals surface area contributed by atoms with Gasteiger partial charge < -0.3 is 30.4 Å². The first kappa shape index (κ1) is 22.6. The molecule has 0 radical (unpaired) electrons. The van der Waals surface area contributed by atoms with E-state index in [0.29, 0.717) is 5.56 Å². The molecule has 4 rings (SSSR count). The first-order valence-corrected chi connectivity index (χ1v) is 9.91. The van der Waals surface area contributed by atoms with E-state index in [1.54, 1.807) is 37.4 Å². The lowest BCUT2D eigenvalue weighted by Crippen LogP contribution is -2.49. The molecular formula is C20H22F2N6O5. The molecule has 13 heteroatoms. The highest BCUT2D eigenvalue weighted by molar-refractivity contribution is 5.84. The number of hydrogen-bond donors (Lipinski definition) is 3. The monoisotopic (exact) mass is 464 g/mol. The number of rotatable bonds is 6. The second-order valence-electron chi connectivity index (χ2n) is 7.59. The summed E-state index contributed by atoms with van der Waals surface area (Å²) >= 11 is 0. The van der Waals surface area contributed by atoms with Gasteiger partial charge in [-0.3, -0.25) is 4.57 Å². The van der Waals surface area contributed by atoms with Gasteiger partial charge in [0.2, 0.25) is 12.1 Å². The number of carbonyl (C=O) groups is 1. The van der Waals surface area contributed by atoms with Crippen LogP contribution in [0.4, 0.5) is 25.3 Å². The van der Waals surface area contributed by atoms with Crippen LogP contribution in [0.2, 0.25) is 0 Å². The standard InChI is InChI=1S/C20H22F2N6O5/c1-19(21)15(32-18(30)31-8-11-6-4-3-5-7-11)20(22,9-29)33-16(19)28-10-25-12-13(24-2)26-17(23)27-14(12)28/h3-7,10,15-16,29H,8-9H2,1-2H3,(H3,23,24,26,27)/t15-,16+,19+,20+/m0/s1. The Morgan fingerprint density at radius 3 is 2.73 bits per heavy atom. The van der Waals surface area contributed by atoms with Crippen LogP contribution in [-0.2, 0) is 20.8 Å². The Hall–Kier alpha value is -3.58. The van der Waals surface area contributed by atoms with E-state index in [1.165, 1.54) is 0 Å². The number of alkyl halides is 2. The summed E-state index contributed by atoms with van der Waals surface area (Å²) < 4.78 is 47.7. The number of halogens is 2. The maximum Gasteiger partial charge on any atom is 0.509 e. The number of fused-ring (bicyclic) bond motifs is 1. The Morgan fingerprint density at radius 2 is 2.06 bits per heavy atom. The molecule has 3 heterocycles. The maximum absolute atomic E-state index is 16.0. The molecule has 1 aliphatic rings. The second kappa shape index (κ2) is 8.41. The van der Waals surface area contributed by atoms with Crippen molar-refractivity contribution in [2.75, 3.05) is 24.7 Å². The van der Waals surface area contributed by atoms with Crippen molar-refractivity contribution in [2.45, 2.75) is 37.4 Å². The third kappa shape index (κ3) is 4.00. The molecule has 1 fully saturated rings. The van der Waals surface area contributed by atoms with Crippen LogP contribution in [0.5, 0.6) is 0 Å². The summed E-state index contributed by atoms with van der Waals surface area (Å²) in [5.41, 5.74) is 3.97. The first-order chi connectivity index (χ1) is 15.7. The highest BCUT2D eigenvalue weighted by Crippen LogP contribution is 2.50. The topological polar surface area (TPSA) is 147 Å². The maximum atomic E-state index is 16.0. The number of nitrogens with zero attached hydrogens (tertiary/aromatic N) is 4. The summed E-state index contributed by atoms with van der Waals surface area (Å²) in [5, 5.41) is 12.4. The summed E-state index contributed by atoms with van der Waals surface area (Å²) in [6, 6.07) is 8.66. The fourth-order valence-corrected chi connectivity index (χ4v) is 3.69. The zero-order valence-corrected chi connectivity index (χ0v) is 17.7. The van der Waals surface area contributed by atoms with Crippen molar-refractivity contribution in [1.82, 2.24) is 19.5 Å². The van der Waals surface area contributed by atoms with Gasteiger partial charge in [-0.25, -0.2) is 18.6 Å². The minimum absolute atomic E-state index is 0.0494. The molecule has 1 saturated heterocycles. The summed E-state index contributed by atoms with van der Waals surface area (Å²) in [6.07, 6.45) is -4.04. The third-order valence-electron chi connectivity index (χ3n) is 5.25. The van der Waals surface area contributed by atoms with Gasteiger partial charge in [0.25, 0.3) is 5.85 Å². The fourth-order valence-electron chi connectivity index (χ4n) is 3.69. The molecule has 0 aliphatic carbocycles. The Bertz CT molecular complexity index is 1160. The van der Waals surface area contributed by atoms with Crippen LogP contribution in [0, 0.1) is 0 Å². The van der Waals surface area contributed by atoms with Gasteiger partial charge in [-0.1, -0.05) is 30.3 Å². The number of benzene rings is 1. The van der Waals surface area contributed by atoms with Crippen molar-refractivity contribution in [3.8, 4) is 0 Å². The molecule has 4 N–H and O–H groups in total. The minimum atomic E-state index is -3.07. The lowest BCUT2D eigenvalue weighted by atomic mass is 9.97. The van der Waals surface area contributed by atoms with Gasteiger partial charge in [-0.05, 0) is 12.5 Å². The quantitative estimate of drug-likeness (QED) is 0.463. The van der Waals surface area contributed by atoms with Crippen LogP contribution in [0.15, 0.2) is 36.7 Å². The number of imidazole rings is 1. The summed E-state index contributed by atoms with van der Waals surface area (Å²) in [5.74, 6) is -2.94. The van der Waals surface area contributed by atoms with E-state index in [9.17, 15) is 9.90 Å². The molecule has 11 nitrogen and oxygen atoms in total. The number of hydrogen-bond acceptors (Lipinski definition) is 10. The molecule has 0 amide bonds. The van der Waals surface area contributed by atoms with E-state index < -0.39 is 36.6 Å². The zero-order valence-electron chi connectivity index (χ0n) is 17.7. The van der Waals surface area contributed by atoms with Crippen molar-refractivity contribution in [1.29, 1.82) is 0 Å². The summed E-state index contributed by atoms with van der Waals surface area (Å²) in [6.45, 7) is -0.489. The van der Waals surface area contributed by atoms with Crippen molar-refractivity contribution >= 4 is 29.1 Å². The zero-order chi connectivity index (χ0) is 23.8. The molecule has 3 aromatic rings. The Kier molecular flexibility index (Phi) is 5.76. The number of nitrogens with two attached hydrogens (primary N) is 1. The van der Waals surface area contributed by atoms with E-state index >= 15 is 8.78 Å². The van der Waals surface area contributed by atoms with Gasteiger partial charge in [0.1, 0.15) is 13.2 Å². The Labute approximate surface area is 186 Å². The molecule has 0 spiro atoms. The van der Waals surface area contributed by atoms with Crippen molar-refractivity contribution in [3.05, 3.63) is 42.2 Å². The van der Waals surface area contributed by atoms with Gasteiger partial charge in [-0.2, -0.15) is 9.97 Å². The van der Waals surface area contributed by atoms with Crippen LogP contribution >= 0.6 is 0 Å². The summed E-state index contributed by atoms with van der Waals surface area (Å²) in [4.78, 5) is 24.4. The van der Waals surface area contributed by atoms with Gasteiger partial charge in [-0.15, -0.1) is 0 Å². The van der Waals surface area contributed by atoms with Crippen LogP contribution < -0.4 is 11.1 Å². The lowest BCUT2D eigenvalue weighted by molar-refractivity contribution is -0.209. The predicted octanol–water partition coefficient (Wildman–Crippen LogP) is 2.09. The fraction of sp³-hybridized carbons (Fsp3) is 0.400. The molecule has 4 atom stereocenters. The van der Waals surface area contributed by atoms with Crippen LogP contribution in [0.3, 0.4) is 0 Å². The largest absolute Gasteiger partial charge is 0.509 e. The highest BCUT2D eigenvalue weighted by atomic mass is 19.2. The number of nitrogen functional groups attached to an aromatic ring is 1. The highest BCUT2D eigenvalue weighted by Gasteiger charge is 2.67. The van der Waals surface area contributed by atoms with E-state index in [0.717, 1.165) is 17.8 Å². The third-order valence-corrected chi connectivity index (χ3v) is 5.25. The van der Waals surface area contributed by atoms with Gasteiger partial charge >= 0.3 is 6.16 Å². The lowest BCUT2D eigenvalue weighted by Gasteiger charge is -2.28. The minimum Gasteiger partial charge on any atom is -0.429 e. The normalized spacial score (nSPS) is 26.9. The number of anilines is 2. The number of carbonyl (C=O) groups excluding carboxylic acids is 1. The van der Waals surface area contributed by atoms with Crippen LogP contribution in [0.25, 0.3) is 11.2 Å². The average Bonchev–Trinajstić information content (AvgIpc) is 3.30. The molecule has 33 heavy (non-hydrogen) atoms. The SMILES string of the molecule is CNc1nc(N)nc2c1ncn2[C@@H]1O[C@](F)(CO)[C@@H](OC(=O)OCc2ccccc2)[C@@]1(C)F. The van der Waals surface area contributed by atoms with Gasteiger partial charge in [0.05, 0.1) is 6.33 Å². The Balaban J connectivity index is 1.61. The smallest absolute Gasteiger partial charge is 0.429 e. The predicted molar refractivity (Wildman–Crippen MR) is 111 cm³/mol. The van der Waals surface area contributed by atoms with Crippen LogP contribution in [-0.4, -0.2) is 62.1 Å². The average molecular weight is 464 g/mol. The number of ether oxygens (including phenoxy) is 3. The molecular weight excluding hydrogens is 442 g/mol. The molecule has 2 aromatic heterocycles. The van der Waals surface area contributed by atoms with Crippen LogP contribution in [0.1, 0.15) is 18.7 Å². The molecule has 0 bridgehead atoms. The van der Waals surface area contributed by atoms with E-state index in [-0.39, 0.29) is 29.5 Å². The van der Waals surface area contributed by atoms with Gasteiger partial charge in [0, 0.05) is 7.05 Å². The molecule has 176 valence electrons. The van der Waals surface area contributed by atoms with E-state index in [2.05, 4.69) is 20.3 Å². The van der Waals surface area contributed by atoms with Gasteiger partial charge in [0.15, 0.2) is 28.9 Å². The number of aliphatic hydroxyl groups is 1. The first-order valence-electron chi connectivity index (χ1n) is 9.91. The number of nitrogens with one attached hydrogen (secondary N) is 1. The summed E-state index contributed by atoms with van der Waals surface area (Å²) in [7, 11) is 1.58. The van der Waals surface area contributed by atoms with Crippen molar-refractivity contribution < 1.29 is 32.9 Å². The number of aliphatic hydroxyl groups excluding tert-OH is 1. The molecule has 1 aliphatic heterocycles. The molecule has 0 unspecified atom stereocenters. The van der Waals surface area contributed by atoms with E-state index in [4.69, 9.17) is 19.9 Å². The Morgan fingerprint density at radius 1 is 1.33 bits per heavy atom.